The highest BCUT2D eigenvalue weighted by atomic mass is 32.1. The average Bonchev–Trinajstić information content (AvgIpc) is 3.39. The molecule has 7 rings (SSSR count). The molecule has 6 aromatic rings. The van der Waals surface area contributed by atoms with Gasteiger partial charge in [-0.25, -0.2) is 0 Å². The Morgan fingerprint density at radius 3 is 1.95 bits per heavy atom. The van der Waals surface area contributed by atoms with Gasteiger partial charge in [-0.1, -0.05) is 92.7 Å². The van der Waals surface area contributed by atoms with E-state index in [1.165, 1.54) is 0 Å². The summed E-state index contributed by atoms with van der Waals surface area (Å²) in [5, 5.41) is 22.5. The van der Waals surface area contributed by atoms with E-state index in [1.807, 2.05) is 36.4 Å². The molecular weight excluding hydrogens is 555 g/mol. The quantitative estimate of drug-likeness (QED) is 0.210. The zero-order valence-corrected chi connectivity index (χ0v) is 25.4. The van der Waals surface area contributed by atoms with E-state index in [4.69, 9.17) is 12.6 Å². The van der Waals surface area contributed by atoms with E-state index in [2.05, 4.69) is 122 Å². The Morgan fingerprint density at radius 1 is 0.682 bits per heavy atom. The monoisotopic (exact) mass is 583 g/mol. The van der Waals surface area contributed by atoms with E-state index in [0.29, 0.717) is 11.1 Å². The third kappa shape index (κ3) is 4.62. The van der Waals surface area contributed by atoms with Gasteiger partial charge in [0.1, 0.15) is 0 Å². The van der Waals surface area contributed by atoms with Crippen molar-refractivity contribution >= 4 is 34.4 Å². The molecule has 1 atom stereocenters. The standard InChI is InChI=1S/C40H29N3S/c1-40(2)17-8-7-14-36(40)35-13-9-12-32(39(35)44)30-20-26(24-41)18-28(22-30)29-19-27(25-42)21-31(23-29)43-37-15-5-3-10-33(37)34-11-4-6-16-38(34)43/h3-23,36,44H,1-2H3. The Labute approximate surface area is 263 Å². The van der Waals surface area contributed by atoms with E-state index < -0.39 is 0 Å². The fraction of sp³-hybridized carbons (Fsp3) is 0.100. The van der Waals surface area contributed by atoms with Crippen LogP contribution in [0.25, 0.3) is 49.7 Å². The van der Waals surface area contributed by atoms with Crippen LogP contribution in [0.15, 0.2) is 132 Å². The van der Waals surface area contributed by atoms with Crippen molar-refractivity contribution < 1.29 is 0 Å². The summed E-state index contributed by atoms with van der Waals surface area (Å²) in [6, 6.07) is 39.6. The summed E-state index contributed by atoms with van der Waals surface area (Å²) in [5.74, 6) is 0.180. The Bertz CT molecular complexity index is 2200. The number of nitriles is 2. The summed E-state index contributed by atoms with van der Waals surface area (Å²) in [5.41, 5.74) is 8.90. The van der Waals surface area contributed by atoms with Gasteiger partial charge in [0.2, 0.25) is 0 Å². The van der Waals surface area contributed by atoms with Crippen molar-refractivity contribution in [2.75, 3.05) is 0 Å². The predicted octanol–water partition coefficient (Wildman–Crippen LogP) is 10.4. The molecule has 5 aromatic carbocycles. The van der Waals surface area contributed by atoms with Crippen molar-refractivity contribution in [3.05, 3.63) is 144 Å². The first-order valence-corrected chi connectivity index (χ1v) is 15.1. The topological polar surface area (TPSA) is 52.5 Å². The second-order valence-electron chi connectivity index (χ2n) is 11.9. The molecule has 1 aliphatic carbocycles. The van der Waals surface area contributed by atoms with Crippen LogP contribution in [0, 0.1) is 28.1 Å². The van der Waals surface area contributed by atoms with Crippen LogP contribution in [-0.2, 0) is 0 Å². The molecule has 0 bridgehead atoms. The van der Waals surface area contributed by atoms with Crippen LogP contribution in [0.5, 0.6) is 0 Å². The lowest BCUT2D eigenvalue weighted by molar-refractivity contribution is 0.418. The molecule has 0 radical (unpaired) electrons. The van der Waals surface area contributed by atoms with Gasteiger partial charge >= 0.3 is 0 Å². The van der Waals surface area contributed by atoms with Gasteiger partial charge in [0, 0.05) is 27.3 Å². The summed E-state index contributed by atoms with van der Waals surface area (Å²) in [7, 11) is 0. The number of nitrogens with zero attached hydrogens (tertiary/aromatic N) is 3. The second-order valence-corrected chi connectivity index (χ2v) is 12.4. The maximum Gasteiger partial charge on any atom is 0.0992 e. The zero-order chi connectivity index (χ0) is 30.4. The predicted molar refractivity (Wildman–Crippen MR) is 183 cm³/mol. The van der Waals surface area contributed by atoms with Crippen LogP contribution in [-0.4, -0.2) is 4.57 Å². The molecule has 0 amide bonds. The first-order valence-electron chi connectivity index (χ1n) is 14.7. The van der Waals surface area contributed by atoms with Gasteiger partial charge in [-0.05, 0) is 81.8 Å². The SMILES string of the molecule is CC1(C)C=CC=CC1c1cccc(-c2cc(C#N)cc(-c3cc(C#N)cc(-n4c5ccccc5c5ccccc54)c3)c2)c1S. The van der Waals surface area contributed by atoms with Gasteiger partial charge in [0.15, 0.2) is 0 Å². The lowest BCUT2D eigenvalue weighted by atomic mass is 9.72. The fourth-order valence-electron chi connectivity index (χ4n) is 6.57. The molecule has 0 N–H and O–H groups in total. The number of allylic oxidation sites excluding steroid dienone is 4. The Kier molecular flexibility index (Phi) is 6.74. The number of para-hydroxylation sites is 2. The number of aromatic nitrogens is 1. The summed E-state index contributed by atoms with van der Waals surface area (Å²) in [6.07, 6.45) is 8.67. The van der Waals surface area contributed by atoms with E-state index in [0.717, 1.165) is 60.2 Å². The third-order valence-corrected chi connectivity index (χ3v) is 9.24. The van der Waals surface area contributed by atoms with Gasteiger partial charge in [0.25, 0.3) is 0 Å². The molecule has 1 unspecified atom stereocenters. The highest BCUT2D eigenvalue weighted by Gasteiger charge is 2.29. The van der Waals surface area contributed by atoms with Gasteiger partial charge in [-0.15, -0.1) is 12.6 Å². The molecule has 1 aliphatic rings. The lowest BCUT2D eigenvalue weighted by Gasteiger charge is -2.33. The first-order chi connectivity index (χ1) is 21.4. The Hall–Kier alpha value is -5.29. The number of hydrogen-bond donors (Lipinski definition) is 1. The van der Waals surface area contributed by atoms with Crippen molar-refractivity contribution in [2.45, 2.75) is 24.7 Å². The van der Waals surface area contributed by atoms with Crippen molar-refractivity contribution in [3.63, 3.8) is 0 Å². The van der Waals surface area contributed by atoms with Crippen LogP contribution in [0.4, 0.5) is 0 Å². The maximum absolute atomic E-state index is 10.1. The molecular formula is C40H29N3S. The minimum atomic E-state index is -0.0501. The van der Waals surface area contributed by atoms with Crippen molar-refractivity contribution in [2.24, 2.45) is 5.41 Å². The van der Waals surface area contributed by atoms with Gasteiger partial charge < -0.3 is 4.57 Å². The minimum absolute atomic E-state index is 0.0501. The van der Waals surface area contributed by atoms with E-state index in [-0.39, 0.29) is 11.3 Å². The van der Waals surface area contributed by atoms with Gasteiger partial charge in [-0.2, -0.15) is 10.5 Å². The summed E-state index contributed by atoms with van der Waals surface area (Å²) >= 11 is 5.07. The number of fused-ring (bicyclic) bond motifs is 3. The van der Waals surface area contributed by atoms with Crippen LogP contribution in [0.3, 0.4) is 0 Å². The molecule has 44 heavy (non-hydrogen) atoms. The molecule has 210 valence electrons. The Balaban J connectivity index is 1.41. The van der Waals surface area contributed by atoms with E-state index >= 15 is 0 Å². The number of rotatable bonds is 4. The van der Waals surface area contributed by atoms with Crippen LogP contribution >= 0.6 is 12.6 Å². The van der Waals surface area contributed by atoms with Crippen molar-refractivity contribution in [1.29, 1.82) is 10.5 Å². The van der Waals surface area contributed by atoms with Crippen LogP contribution < -0.4 is 0 Å². The molecule has 0 fully saturated rings. The van der Waals surface area contributed by atoms with Gasteiger partial charge in [0.05, 0.1) is 34.3 Å². The molecule has 0 spiro atoms. The summed E-state index contributed by atoms with van der Waals surface area (Å²) < 4.78 is 2.22. The normalized spacial score (nSPS) is 15.3. The summed E-state index contributed by atoms with van der Waals surface area (Å²) in [6.45, 7) is 4.48. The molecule has 1 aromatic heterocycles. The maximum atomic E-state index is 10.1. The third-order valence-electron chi connectivity index (χ3n) is 8.74. The first kappa shape index (κ1) is 27.5. The number of thiol groups is 1. The fourth-order valence-corrected chi connectivity index (χ4v) is 6.98. The van der Waals surface area contributed by atoms with Crippen molar-refractivity contribution in [1.82, 2.24) is 4.57 Å². The number of benzene rings is 5. The highest BCUT2D eigenvalue weighted by Crippen LogP contribution is 2.45. The smallest absolute Gasteiger partial charge is 0.0992 e. The molecule has 0 saturated heterocycles. The van der Waals surface area contributed by atoms with Gasteiger partial charge in [-0.3, -0.25) is 0 Å². The lowest BCUT2D eigenvalue weighted by Crippen LogP contribution is -2.20. The largest absolute Gasteiger partial charge is 0.309 e. The molecule has 3 nitrogen and oxygen atoms in total. The second kappa shape index (κ2) is 10.8. The zero-order valence-electron chi connectivity index (χ0n) is 24.5. The number of hydrogen-bond acceptors (Lipinski definition) is 3. The van der Waals surface area contributed by atoms with E-state index in [1.54, 1.807) is 0 Å². The molecule has 4 heteroatoms. The minimum Gasteiger partial charge on any atom is -0.309 e. The molecule has 0 saturated carbocycles. The molecule has 0 aliphatic heterocycles. The van der Waals surface area contributed by atoms with Crippen LogP contribution in [0.2, 0.25) is 0 Å². The van der Waals surface area contributed by atoms with E-state index in [9.17, 15) is 10.5 Å². The van der Waals surface area contributed by atoms with Crippen molar-refractivity contribution in [3.8, 4) is 40.1 Å². The summed E-state index contributed by atoms with van der Waals surface area (Å²) in [4.78, 5) is 0.906. The highest BCUT2D eigenvalue weighted by molar-refractivity contribution is 7.80. The Morgan fingerprint density at radius 2 is 1.30 bits per heavy atom. The average molecular weight is 584 g/mol. The van der Waals surface area contributed by atoms with Crippen LogP contribution in [0.1, 0.15) is 36.5 Å². The molecule has 1 heterocycles.